The second-order valence-corrected chi connectivity index (χ2v) is 9.06. The third-order valence-electron chi connectivity index (χ3n) is 5.82. The van der Waals surface area contributed by atoms with Crippen molar-refractivity contribution in [1.29, 1.82) is 0 Å². The summed E-state index contributed by atoms with van der Waals surface area (Å²) in [5.41, 5.74) is 6.21. The highest BCUT2D eigenvalue weighted by Crippen LogP contribution is 2.69. The summed E-state index contributed by atoms with van der Waals surface area (Å²) in [6, 6.07) is 0. The maximum absolute atomic E-state index is 13.0. The van der Waals surface area contributed by atoms with Crippen molar-refractivity contribution in [3.8, 4) is 0 Å². The van der Waals surface area contributed by atoms with Crippen LogP contribution >= 0.6 is 12.2 Å². The molecule has 2 N–H and O–H groups in total. The second-order valence-electron chi connectivity index (χ2n) is 8.54. The fraction of sp³-hybridized carbons (Fsp3) is 0.875. The van der Waals surface area contributed by atoms with Crippen LogP contribution in [0.25, 0.3) is 0 Å². The van der Waals surface area contributed by atoms with Gasteiger partial charge < -0.3 is 10.6 Å². The first-order valence-corrected chi connectivity index (χ1v) is 8.10. The Kier molecular flexibility index (Phi) is 2.99. The van der Waals surface area contributed by atoms with Crippen LogP contribution in [0.4, 0.5) is 0 Å². The Morgan fingerprint density at radius 3 is 2.20 bits per heavy atom. The van der Waals surface area contributed by atoms with Crippen LogP contribution in [0.5, 0.6) is 0 Å². The number of carbonyl (C=O) groups is 1. The summed E-state index contributed by atoms with van der Waals surface area (Å²) in [5.74, 6) is 1.02. The Bertz CT molecular complexity index is 457. The summed E-state index contributed by atoms with van der Waals surface area (Å²) < 4.78 is 0. The molecule has 0 aromatic rings. The van der Waals surface area contributed by atoms with Crippen LogP contribution in [0.2, 0.25) is 0 Å². The Labute approximate surface area is 127 Å². The molecule has 4 bridgehead atoms. The van der Waals surface area contributed by atoms with Crippen molar-refractivity contribution in [2.75, 3.05) is 13.6 Å². The van der Waals surface area contributed by atoms with E-state index in [2.05, 4.69) is 13.8 Å². The summed E-state index contributed by atoms with van der Waals surface area (Å²) in [6.45, 7) is 5.20. The smallest absolute Gasteiger partial charge is 0.228 e. The molecule has 4 fully saturated rings. The molecule has 4 aliphatic carbocycles. The highest BCUT2D eigenvalue weighted by molar-refractivity contribution is 7.80. The molecule has 4 aliphatic rings. The topological polar surface area (TPSA) is 46.3 Å². The summed E-state index contributed by atoms with van der Waals surface area (Å²) in [7, 11) is 1.85. The van der Waals surface area contributed by atoms with Crippen LogP contribution in [0.1, 0.15) is 52.4 Å². The van der Waals surface area contributed by atoms with E-state index in [0.717, 1.165) is 25.2 Å². The lowest BCUT2D eigenvalue weighted by atomic mass is 9.40. The number of likely N-dealkylation sites (N-methyl/N-ethyl adjacent to an activating group) is 1. The van der Waals surface area contributed by atoms with Gasteiger partial charge in [-0.25, -0.2) is 0 Å². The van der Waals surface area contributed by atoms with Crippen molar-refractivity contribution in [2.24, 2.45) is 27.9 Å². The lowest BCUT2D eigenvalue weighted by Gasteiger charge is -2.65. The number of nitrogens with two attached hydrogens (primary N) is 1. The van der Waals surface area contributed by atoms with E-state index in [-0.39, 0.29) is 11.3 Å². The molecule has 20 heavy (non-hydrogen) atoms. The van der Waals surface area contributed by atoms with Gasteiger partial charge in [-0.3, -0.25) is 4.79 Å². The van der Waals surface area contributed by atoms with Crippen LogP contribution in [-0.2, 0) is 4.79 Å². The lowest BCUT2D eigenvalue weighted by molar-refractivity contribution is -0.177. The summed E-state index contributed by atoms with van der Waals surface area (Å²) >= 11 is 4.96. The predicted octanol–water partition coefficient (Wildman–Crippen LogP) is 2.73. The van der Waals surface area contributed by atoms with Gasteiger partial charge in [-0.15, -0.1) is 0 Å². The molecular weight excluding hydrogens is 268 g/mol. The van der Waals surface area contributed by atoms with E-state index in [1.807, 2.05) is 7.05 Å². The Morgan fingerprint density at radius 1 is 1.20 bits per heavy atom. The Morgan fingerprint density at radius 2 is 1.75 bits per heavy atom. The molecule has 1 amide bonds. The van der Waals surface area contributed by atoms with Crippen LogP contribution in [0, 0.1) is 22.2 Å². The molecule has 2 atom stereocenters. The van der Waals surface area contributed by atoms with Gasteiger partial charge in [-0.1, -0.05) is 26.1 Å². The molecule has 4 rings (SSSR count). The highest BCUT2D eigenvalue weighted by Gasteiger charge is 2.63. The minimum Gasteiger partial charge on any atom is -0.392 e. The first-order valence-electron chi connectivity index (χ1n) is 7.69. The molecule has 0 aromatic heterocycles. The minimum absolute atomic E-state index is 0.136. The number of rotatable bonds is 3. The van der Waals surface area contributed by atoms with Gasteiger partial charge in [0, 0.05) is 7.05 Å². The molecule has 0 heterocycles. The normalized spacial score (nSPS) is 45.5. The van der Waals surface area contributed by atoms with E-state index in [1.165, 1.54) is 19.3 Å². The number of thiocarbonyl (C=S) groups is 1. The van der Waals surface area contributed by atoms with Crippen molar-refractivity contribution < 1.29 is 4.79 Å². The van der Waals surface area contributed by atoms with E-state index in [1.54, 1.807) is 4.90 Å². The van der Waals surface area contributed by atoms with Crippen molar-refractivity contribution >= 4 is 23.1 Å². The van der Waals surface area contributed by atoms with Gasteiger partial charge in [-0.2, -0.15) is 0 Å². The van der Waals surface area contributed by atoms with Gasteiger partial charge in [0.2, 0.25) is 5.91 Å². The van der Waals surface area contributed by atoms with Crippen molar-refractivity contribution in [3.05, 3.63) is 0 Å². The standard InChI is InChI=1S/C16H26N2OS/c1-14-4-11-5-15(2,8-14)10-16(6-11,9-14)13(19)18(3)7-12(17)20/h11H,4-10H2,1-3H3,(H2,17,20). The van der Waals surface area contributed by atoms with E-state index >= 15 is 0 Å². The minimum atomic E-state index is -0.136. The molecule has 0 saturated heterocycles. The van der Waals surface area contributed by atoms with Crippen LogP contribution in [-0.4, -0.2) is 29.4 Å². The SMILES string of the molecule is CN(CC(N)=S)C(=O)C12CC3CC(C)(CC(C)(C3)C1)C2. The fourth-order valence-corrected chi connectivity index (χ4v) is 6.59. The number of carbonyl (C=O) groups excluding carboxylic acids is 1. The van der Waals surface area contributed by atoms with Gasteiger partial charge in [0.05, 0.1) is 16.9 Å². The molecule has 3 nitrogen and oxygen atoms in total. The van der Waals surface area contributed by atoms with E-state index in [0.29, 0.717) is 22.4 Å². The molecule has 0 aliphatic heterocycles. The Balaban J connectivity index is 1.89. The predicted molar refractivity (Wildman–Crippen MR) is 84.3 cm³/mol. The zero-order valence-electron chi connectivity index (χ0n) is 12.9. The average Bonchev–Trinajstić information content (AvgIpc) is 2.21. The average molecular weight is 294 g/mol. The van der Waals surface area contributed by atoms with Crippen LogP contribution in [0.15, 0.2) is 0 Å². The van der Waals surface area contributed by atoms with Crippen LogP contribution in [0.3, 0.4) is 0 Å². The van der Waals surface area contributed by atoms with Gasteiger partial charge in [0.25, 0.3) is 0 Å². The first kappa shape index (κ1) is 14.3. The number of amides is 1. The van der Waals surface area contributed by atoms with Gasteiger partial charge >= 0.3 is 0 Å². The molecule has 4 saturated carbocycles. The maximum Gasteiger partial charge on any atom is 0.228 e. The fourth-order valence-electron chi connectivity index (χ4n) is 6.40. The molecule has 2 unspecified atom stereocenters. The van der Waals surface area contributed by atoms with E-state index in [9.17, 15) is 4.79 Å². The van der Waals surface area contributed by atoms with E-state index < -0.39 is 0 Å². The Hall–Kier alpha value is -0.640. The number of hydrogen-bond donors (Lipinski definition) is 1. The molecule has 4 heteroatoms. The zero-order chi connectivity index (χ0) is 14.8. The maximum atomic E-state index is 13.0. The van der Waals surface area contributed by atoms with Gasteiger partial charge in [-0.05, 0) is 55.3 Å². The summed E-state index contributed by atoms with van der Waals surface area (Å²) in [5, 5.41) is 0. The molecule has 0 aromatic carbocycles. The largest absolute Gasteiger partial charge is 0.392 e. The van der Waals surface area contributed by atoms with E-state index in [4.69, 9.17) is 18.0 Å². The van der Waals surface area contributed by atoms with Crippen LogP contribution < -0.4 is 5.73 Å². The monoisotopic (exact) mass is 294 g/mol. The zero-order valence-corrected chi connectivity index (χ0v) is 13.7. The number of hydrogen-bond acceptors (Lipinski definition) is 2. The van der Waals surface area contributed by atoms with Crippen molar-refractivity contribution in [1.82, 2.24) is 4.90 Å². The van der Waals surface area contributed by atoms with Gasteiger partial charge in [0.15, 0.2) is 0 Å². The lowest BCUT2D eigenvalue weighted by Crippen LogP contribution is -2.60. The molecule has 0 spiro atoms. The first-order chi connectivity index (χ1) is 9.15. The van der Waals surface area contributed by atoms with Gasteiger partial charge in [0.1, 0.15) is 0 Å². The second kappa shape index (κ2) is 4.19. The molecule has 112 valence electrons. The summed E-state index contributed by atoms with van der Waals surface area (Å²) in [6.07, 6.45) is 7.13. The molecular formula is C16H26N2OS. The highest BCUT2D eigenvalue weighted by atomic mass is 32.1. The summed E-state index contributed by atoms with van der Waals surface area (Å²) in [4.78, 5) is 15.2. The third kappa shape index (κ3) is 2.16. The van der Waals surface area contributed by atoms with Crippen molar-refractivity contribution in [3.63, 3.8) is 0 Å². The third-order valence-corrected chi connectivity index (χ3v) is 5.95. The molecule has 0 radical (unpaired) electrons. The van der Waals surface area contributed by atoms with Crippen molar-refractivity contribution in [2.45, 2.75) is 52.4 Å². The quantitative estimate of drug-likeness (QED) is 0.814. The number of nitrogens with zero attached hydrogens (tertiary/aromatic N) is 1.